The Hall–Kier alpha value is -1.56. The molecule has 0 saturated heterocycles. The van der Waals surface area contributed by atoms with Crippen molar-refractivity contribution in [2.45, 2.75) is 19.9 Å². The number of amides is 1. The van der Waals surface area contributed by atoms with Gasteiger partial charge in [-0.05, 0) is 28.9 Å². The fraction of sp³-hybridized carbons (Fsp3) is 0.385. The molecule has 0 aromatic carbocycles. The van der Waals surface area contributed by atoms with Gasteiger partial charge in [-0.2, -0.15) is 0 Å². The molecule has 0 aliphatic carbocycles. The van der Waals surface area contributed by atoms with Crippen molar-refractivity contribution in [1.82, 2.24) is 19.4 Å². The smallest absolute Gasteiger partial charge is 0.267 e. The average Bonchev–Trinajstić information content (AvgIpc) is 2.95. The maximum Gasteiger partial charge on any atom is 0.267 e. The van der Waals surface area contributed by atoms with Crippen molar-refractivity contribution >= 4 is 21.8 Å². The third-order valence-electron chi connectivity index (χ3n) is 2.99. The van der Waals surface area contributed by atoms with Gasteiger partial charge in [0, 0.05) is 49.6 Å². The third-order valence-corrected chi connectivity index (χ3v) is 3.43. The molecule has 0 bridgehead atoms. The lowest BCUT2D eigenvalue weighted by Crippen LogP contribution is -2.28. The molecular weight excluding hydrogens is 308 g/mol. The van der Waals surface area contributed by atoms with Crippen LogP contribution >= 0.6 is 15.9 Å². The highest BCUT2D eigenvalue weighted by molar-refractivity contribution is 9.10. The maximum atomic E-state index is 12.1. The van der Waals surface area contributed by atoms with Gasteiger partial charge in [0.15, 0.2) is 0 Å². The van der Waals surface area contributed by atoms with Crippen LogP contribution in [-0.2, 0) is 20.0 Å². The molecule has 0 saturated carbocycles. The Labute approximate surface area is 120 Å². The minimum absolute atomic E-state index is 0.0539. The van der Waals surface area contributed by atoms with Gasteiger partial charge in [0.1, 0.15) is 11.5 Å². The normalized spacial score (nSPS) is 10.7. The summed E-state index contributed by atoms with van der Waals surface area (Å²) in [5, 5.41) is 2.92. The lowest BCUT2D eigenvalue weighted by molar-refractivity contribution is 0.0945. The van der Waals surface area contributed by atoms with Crippen LogP contribution < -0.4 is 5.32 Å². The second kappa shape index (κ2) is 6.06. The summed E-state index contributed by atoms with van der Waals surface area (Å²) in [5.74, 6) is 0.911. The summed E-state index contributed by atoms with van der Waals surface area (Å²) in [6.45, 7) is 3.36. The topological polar surface area (TPSA) is 51.9 Å². The Bertz CT molecular complexity index is 573. The van der Waals surface area contributed by atoms with E-state index in [4.69, 9.17) is 0 Å². The van der Waals surface area contributed by atoms with E-state index >= 15 is 0 Å². The molecule has 0 aliphatic rings. The molecule has 102 valence electrons. The Morgan fingerprint density at radius 3 is 2.95 bits per heavy atom. The highest BCUT2D eigenvalue weighted by Crippen LogP contribution is 2.14. The average molecular weight is 325 g/mol. The molecule has 0 aliphatic heterocycles. The number of aromatic nitrogens is 3. The Morgan fingerprint density at radius 1 is 1.53 bits per heavy atom. The molecule has 5 nitrogen and oxygen atoms in total. The minimum Gasteiger partial charge on any atom is -0.350 e. The van der Waals surface area contributed by atoms with Gasteiger partial charge in [0.25, 0.3) is 5.91 Å². The monoisotopic (exact) mass is 324 g/mol. The molecule has 1 amide bonds. The van der Waals surface area contributed by atoms with Crippen molar-refractivity contribution < 1.29 is 4.79 Å². The number of hydrogen-bond donors (Lipinski definition) is 1. The number of nitrogens with one attached hydrogen (secondary N) is 1. The number of carbonyl (C=O) groups excluding carboxylic acids is 1. The number of hydrogen-bond acceptors (Lipinski definition) is 2. The zero-order chi connectivity index (χ0) is 13.8. The molecule has 2 aromatic rings. The number of aryl methyl sites for hydroxylation is 2. The van der Waals surface area contributed by atoms with Gasteiger partial charge in [0.05, 0.1) is 0 Å². The van der Waals surface area contributed by atoms with Crippen LogP contribution in [0, 0.1) is 0 Å². The van der Waals surface area contributed by atoms with Crippen molar-refractivity contribution in [1.29, 1.82) is 0 Å². The SMILES string of the molecule is CCn1cc(Br)cc1C(=O)NCCc1nccn1C. The summed E-state index contributed by atoms with van der Waals surface area (Å²) in [6, 6.07) is 1.83. The highest BCUT2D eigenvalue weighted by Gasteiger charge is 2.11. The summed E-state index contributed by atoms with van der Waals surface area (Å²) < 4.78 is 4.79. The molecule has 6 heteroatoms. The quantitative estimate of drug-likeness (QED) is 0.914. The first kappa shape index (κ1) is 13.9. The van der Waals surface area contributed by atoms with Gasteiger partial charge in [-0.25, -0.2) is 4.98 Å². The summed E-state index contributed by atoms with van der Waals surface area (Å²) in [7, 11) is 1.95. The summed E-state index contributed by atoms with van der Waals surface area (Å²) in [6.07, 6.45) is 6.30. The van der Waals surface area contributed by atoms with Crippen molar-refractivity contribution in [2.75, 3.05) is 6.54 Å². The second-order valence-corrected chi connectivity index (χ2v) is 5.21. The molecule has 2 aromatic heterocycles. The summed E-state index contributed by atoms with van der Waals surface area (Å²) >= 11 is 3.39. The van der Waals surface area contributed by atoms with Crippen LogP contribution in [-0.4, -0.2) is 26.6 Å². The van der Waals surface area contributed by atoms with Gasteiger partial charge in [-0.15, -0.1) is 0 Å². The van der Waals surface area contributed by atoms with E-state index in [-0.39, 0.29) is 5.91 Å². The zero-order valence-corrected chi connectivity index (χ0v) is 12.6. The van der Waals surface area contributed by atoms with E-state index < -0.39 is 0 Å². The predicted octanol–water partition coefficient (Wildman–Crippen LogP) is 1.98. The van der Waals surface area contributed by atoms with Crippen molar-refractivity contribution in [3.8, 4) is 0 Å². The summed E-state index contributed by atoms with van der Waals surface area (Å²) in [5.41, 5.74) is 0.675. The van der Waals surface area contributed by atoms with Crippen LogP contribution in [0.3, 0.4) is 0 Å². The predicted molar refractivity (Wildman–Crippen MR) is 77.1 cm³/mol. The van der Waals surface area contributed by atoms with Gasteiger partial charge in [-0.3, -0.25) is 4.79 Å². The first-order chi connectivity index (χ1) is 9.11. The van der Waals surface area contributed by atoms with Crippen LogP contribution in [0.25, 0.3) is 0 Å². The largest absolute Gasteiger partial charge is 0.350 e. The molecule has 0 radical (unpaired) electrons. The Balaban J connectivity index is 1.92. The Morgan fingerprint density at radius 2 is 2.32 bits per heavy atom. The van der Waals surface area contributed by atoms with E-state index in [2.05, 4.69) is 26.2 Å². The fourth-order valence-electron chi connectivity index (χ4n) is 1.94. The molecule has 0 spiro atoms. The molecule has 0 fully saturated rings. The number of halogens is 1. The van der Waals surface area contributed by atoms with Crippen LogP contribution in [0.4, 0.5) is 0 Å². The first-order valence-corrected chi connectivity index (χ1v) is 7.01. The molecule has 0 unspecified atom stereocenters. The Kier molecular flexibility index (Phi) is 4.42. The fourth-order valence-corrected chi connectivity index (χ4v) is 2.41. The molecule has 2 heterocycles. The van der Waals surface area contributed by atoms with Crippen molar-refractivity contribution in [2.24, 2.45) is 7.05 Å². The van der Waals surface area contributed by atoms with E-state index in [0.29, 0.717) is 12.2 Å². The van der Waals surface area contributed by atoms with Gasteiger partial charge >= 0.3 is 0 Å². The van der Waals surface area contributed by atoms with Crippen LogP contribution in [0.15, 0.2) is 29.1 Å². The molecule has 2 rings (SSSR count). The lowest BCUT2D eigenvalue weighted by atomic mass is 10.3. The standard InChI is InChI=1S/C13H17BrN4O/c1-3-18-9-10(14)8-11(18)13(19)16-5-4-12-15-6-7-17(12)2/h6-9H,3-5H2,1-2H3,(H,16,19). The number of nitrogens with zero attached hydrogens (tertiary/aromatic N) is 3. The van der Waals surface area contributed by atoms with E-state index in [1.807, 2.05) is 41.6 Å². The molecule has 19 heavy (non-hydrogen) atoms. The van der Waals surface area contributed by atoms with Crippen LogP contribution in [0.5, 0.6) is 0 Å². The highest BCUT2D eigenvalue weighted by atomic mass is 79.9. The second-order valence-electron chi connectivity index (χ2n) is 4.29. The first-order valence-electron chi connectivity index (χ1n) is 6.22. The zero-order valence-electron chi connectivity index (χ0n) is 11.1. The van der Waals surface area contributed by atoms with E-state index in [1.54, 1.807) is 6.20 Å². The number of imidazole rings is 1. The molecule has 0 atom stereocenters. The number of carbonyl (C=O) groups is 1. The van der Waals surface area contributed by atoms with E-state index in [1.165, 1.54) is 0 Å². The lowest BCUT2D eigenvalue weighted by Gasteiger charge is -2.07. The third kappa shape index (κ3) is 3.26. The van der Waals surface area contributed by atoms with E-state index in [0.717, 1.165) is 23.3 Å². The van der Waals surface area contributed by atoms with Crippen LogP contribution in [0.2, 0.25) is 0 Å². The molecular formula is C13H17BrN4O. The van der Waals surface area contributed by atoms with Crippen molar-refractivity contribution in [3.05, 3.63) is 40.6 Å². The molecule has 1 N–H and O–H groups in total. The van der Waals surface area contributed by atoms with E-state index in [9.17, 15) is 4.79 Å². The maximum absolute atomic E-state index is 12.1. The number of rotatable bonds is 5. The van der Waals surface area contributed by atoms with Gasteiger partial charge in [-0.1, -0.05) is 0 Å². The minimum atomic E-state index is -0.0539. The summed E-state index contributed by atoms with van der Waals surface area (Å²) in [4.78, 5) is 16.3. The van der Waals surface area contributed by atoms with Gasteiger partial charge < -0.3 is 14.5 Å². The van der Waals surface area contributed by atoms with Crippen LogP contribution in [0.1, 0.15) is 23.2 Å². The van der Waals surface area contributed by atoms with Crippen molar-refractivity contribution in [3.63, 3.8) is 0 Å². The van der Waals surface area contributed by atoms with Gasteiger partial charge in [0.2, 0.25) is 0 Å².